The number of hydrogen-bond donors (Lipinski definition) is 2. The summed E-state index contributed by atoms with van der Waals surface area (Å²) in [4.78, 5) is 16.6. The maximum atomic E-state index is 12.6. The first-order valence-electron chi connectivity index (χ1n) is 9.56. The van der Waals surface area contributed by atoms with Crippen molar-refractivity contribution < 1.29 is 23.2 Å². The summed E-state index contributed by atoms with van der Waals surface area (Å²) in [5.74, 6) is -1.66. The smallest absolute Gasteiger partial charge is 0.288 e. The second-order valence-corrected chi connectivity index (χ2v) is 7.99. The molecule has 1 aliphatic rings. The third-order valence-electron chi connectivity index (χ3n) is 5.18. The van der Waals surface area contributed by atoms with Gasteiger partial charge in [-0.2, -0.15) is 8.78 Å². The summed E-state index contributed by atoms with van der Waals surface area (Å²) in [6, 6.07) is 14.3. The zero-order chi connectivity index (χ0) is 20.8. The van der Waals surface area contributed by atoms with Crippen molar-refractivity contribution >= 4 is 29.0 Å². The number of anilines is 2. The number of carbonyl (C=O) groups is 1. The van der Waals surface area contributed by atoms with Crippen molar-refractivity contribution in [3.8, 4) is 5.75 Å². The molecule has 0 aliphatic carbocycles. The van der Waals surface area contributed by atoms with Crippen LogP contribution in [0.3, 0.4) is 0 Å². The van der Waals surface area contributed by atoms with Crippen LogP contribution in [-0.2, 0) is 4.79 Å². The topological polar surface area (TPSA) is 46.0 Å². The van der Waals surface area contributed by atoms with E-state index >= 15 is 0 Å². The predicted octanol–water partition coefficient (Wildman–Crippen LogP) is 2.74. The molecule has 3 rings (SSSR count). The van der Waals surface area contributed by atoms with Crippen molar-refractivity contribution in [1.82, 2.24) is 0 Å². The Bertz CT molecular complexity index is 812. The van der Waals surface area contributed by atoms with Gasteiger partial charge < -0.3 is 19.9 Å². The fourth-order valence-electron chi connectivity index (χ4n) is 3.51. The first-order valence-corrected chi connectivity index (χ1v) is 10.4. The van der Waals surface area contributed by atoms with E-state index in [0.717, 1.165) is 37.6 Å². The fourth-order valence-corrected chi connectivity index (χ4v) is 4.01. The molecule has 156 valence electrons. The van der Waals surface area contributed by atoms with Crippen LogP contribution in [0.4, 0.5) is 20.2 Å². The van der Waals surface area contributed by atoms with Gasteiger partial charge in [-0.15, -0.1) is 0 Å². The number of alkyl halides is 2. The number of rotatable bonds is 7. The van der Waals surface area contributed by atoms with Crippen molar-refractivity contribution in [2.45, 2.75) is 23.6 Å². The van der Waals surface area contributed by atoms with Gasteiger partial charge in [0.05, 0.1) is 39.0 Å². The Labute approximate surface area is 174 Å². The van der Waals surface area contributed by atoms with Crippen LogP contribution in [0.25, 0.3) is 0 Å². The average molecular weight is 423 g/mol. The number of halogens is 2. The summed E-state index contributed by atoms with van der Waals surface area (Å²) in [5, 5.41) is 2.89. The number of amides is 1. The van der Waals surface area contributed by atoms with Gasteiger partial charge in [0.1, 0.15) is 5.75 Å². The molecule has 1 amide bonds. The van der Waals surface area contributed by atoms with E-state index in [-0.39, 0.29) is 11.9 Å². The summed E-state index contributed by atoms with van der Waals surface area (Å²) >= 11 is 0.492. The highest BCUT2D eigenvalue weighted by atomic mass is 32.2. The molecule has 1 heterocycles. The Balaban J connectivity index is 1.53. The Morgan fingerprint density at radius 3 is 2.41 bits per heavy atom. The molecule has 1 fully saturated rings. The average Bonchev–Trinajstić information content (AvgIpc) is 2.74. The van der Waals surface area contributed by atoms with Crippen LogP contribution < -0.4 is 19.9 Å². The molecule has 1 aliphatic heterocycles. The Hall–Kier alpha value is -2.32. The Morgan fingerprint density at radius 1 is 1.14 bits per heavy atom. The Morgan fingerprint density at radius 2 is 1.79 bits per heavy atom. The minimum Gasteiger partial charge on any atom is -0.495 e. The van der Waals surface area contributed by atoms with Crippen LogP contribution in [0.15, 0.2) is 53.4 Å². The lowest BCUT2D eigenvalue weighted by Gasteiger charge is -2.36. The first-order chi connectivity index (χ1) is 14.0. The van der Waals surface area contributed by atoms with E-state index in [0.29, 0.717) is 22.3 Å². The van der Waals surface area contributed by atoms with E-state index < -0.39 is 5.76 Å². The minimum absolute atomic E-state index is 0.0694. The van der Waals surface area contributed by atoms with Crippen LogP contribution in [-0.4, -0.2) is 51.0 Å². The molecule has 29 heavy (non-hydrogen) atoms. The molecular formula is C21H26F2N3O2S+. The molecule has 1 atom stereocenters. The summed E-state index contributed by atoms with van der Waals surface area (Å²) in [6.07, 6.45) is 0. The van der Waals surface area contributed by atoms with Crippen LogP contribution in [0.2, 0.25) is 0 Å². The van der Waals surface area contributed by atoms with Gasteiger partial charge in [0.15, 0.2) is 6.04 Å². The highest BCUT2D eigenvalue weighted by molar-refractivity contribution is 7.99. The molecule has 1 saturated heterocycles. The normalized spacial score (nSPS) is 16.0. The molecule has 0 radical (unpaired) electrons. The maximum absolute atomic E-state index is 12.6. The van der Waals surface area contributed by atoms with E-state index in [4.69, 9.17) is 4.74 Å². The molecule has 0 bridgehead atoms. The zero-order valence-electron chi connectivity index (χ0n) is 16.5. The van der Waals surface area contributed by atoms with Gasteiger partial charge in [0.2, 0.25) is 0 Å². The number of piperazine rings is 1. The minimum atomic E-state index is -2.45. The van der Waals surface area contributed by atoms with Gasteiger partial charge >= 0.3 is 0 Å². The molecule has 0 saturated carbocycles. The maximum Gasteiger partial charge on any atom is 0.288 e. The first kappa shape index (κ1) is 21.4. The number of ether oxygens (including phenoxy) is 1. The van der Waals surface area contributed by atoms with Crippen LogP contribution in [0, 0.1) is 0 Å². The lowest BCUT2D eigenvalue weighted by atomic mass is 10.2. The van der Waals surface area contributed by atoms with E-state index in [2.05, 4.69) is 16.3 Å². The van der Waals surface area contributed by atoms with Crippen LogP contribution >= 0.6 is 11.8 Å². The SMILES string of the molecule is COc1ccccc1N1CC[NH+]([C@H](C)C(=O)Nc2ccc(SC(F)F)cc2)CC1. The lowest BCUT2D eigenvalue weighted by molar-refractivity contribution is -0.914. The molecule has 2 N–H and O–H groups in total. The third kappa shape index (κ3) is 5.61. The quantitative estimate of drug-likeness (QED) is 0.674. The van der Waals surface area contributed by atoms with Gasteiger partial charge in [-0.25, -0.2) is 0 Å². The van der Waals surface area contributed by atoms with Gasteiger partial charge in [-0.1, -0.05) is 23.9 Å². The number of benzene rings is 2. The van der Waals surface area contributed by atoms with Gasteiger partial charge in [-0.05, 0) is 43.3 Å². The van der Waals surface area contributed by atoms with Gasteiger partial charge in [-0.3, -0.25) is 4.79 Å². The second-order valence-electron chi connectivity index (χ2n) is 6.93. The van der Waals surface area contributed by atoms with Crippen molar-refractivity contribution in [2.24, 2.45) is 0 Å². The summed E-state index contributed by atoms with van der Waals surface area (Å²) in [7, 11) is 1.67. The Kier molecular flexibility index (Phi) is 7.33. The highest BCUT2D eigenvalue weighted by Crippen LogP contribution is 2.27. The fraction of sp³-hybridized carbons (Fsp3) is 0.381. The predicted molar refractivity (Wildman–Crippen MR) is 112 cm³/mol. The molecule has 0 unspecified atom stereocenters. The molecule has 0 spiro atoms. The highest BCUT2D eigenvalue weighted by Gasteiger charge is 2.30. The van der Waals surface area contributed by atoms with E-state index in [1.807, 2.05) is 25.1 Å². The van der Waals surface area contributed by atoms with Crippen molar-refractivity contribution in [3.63, 3.8) is 0 Å². The number of nitrogens with zero attached hydrogens (tertiary/aromatic N) is 1. The number of para-hydroxylation sites is 2. The van der Waals surface area contributed by atoms with Gasteiger partial charge in [0.25, 0.3) is 11.7 Å². The summed E-state index contributed by atoms with van der Waals surface area (Å²) in [6.45, 7) is 5.29. The monoisotopic (exact) mass is 422 g/mol. The van der Waals surface area contributed by atoms with E-state index in [1.54, 1.807) is 31.4 Å². The second kappa shape index (κ2) is 9.93. The van der Waals surface area contributed by atoms with Gasteiger partial charge in [0, 0.05) is 10.6 Å². The number of nitrogens with one attached hydrogen (secondary N) is 2. The van der Waals surface area contributed by atoms with Crippen molar-refractivity contribution in [2.75, 3.05) is 43.5 Å². The third-order valence-corrected chi connectivity index (χ3v) is 5.91. The molecule has 8 heteroatoms. The van der Waals surface area contributed by atoms with Crippen LogP contribution in [0.5, 0.6) is 5.75 Å². The largest absolute Gasteiger partial charge is 0.495 e. The number of methoxy groups -OCH3 is 1. The molecule has 0 aromatic heterocycles. The summed E-state index contributed by atoms with van der Waals surface area (Å²) in [5.41, 5.74) is 1.69. The van der Waals surface area contributed by atoms with Crippen molar-refractivity contribution in [3.05, 3.63) is 48.5 Å². The lowest BCUT2D eigenvalue weighted by Crippen LogP contribution is -3.19. The van der Waals surface area contributed by atoms with E-state index in [1.165, 1.54) is 4.90 Å². The zero-order valence-corrected chi connectivity index (χ0v) is 17.3. The molecule has 2 aromatic carbocycles. The summed E-state index contributed by atoms with van der Waals surface area (Å²) < 4.78 is 30.3. The number of carbonyl (C=O) groups excluding carboxylic acids is 1. The molecule has 2 aromatic rings. The van der Waals surface area contributed by atoms with Crippen molar-refractivity contribution in [1.29, 1.82) is 0 Å². The van der Waals surface area contributed by atoms with E-state index in [9.17, 15) is 13.6 Å². The molecule has 5 nitrogen and oxygen atoms in total. The standard InChI is InChI=1S/C21H25F2N3O2S/c1-15(20(27)24-16-7-9-17(10-8-16)29-21(22)23)25-11-13-26(14-12-25)18-5-3-4-6-19(18)28-2/h3-10,15,21H,11-14H2,1-2H3,(H,24,27)/p+1/t15-/m1/s1. The number of thioether (sulfide) groups is 1. The number of hydrogen-bond acceptors (Lipinski definition) is 4. The van der Waals surface area contributed by atoms with Crippen LogP contribution in [0.1, 0.15) is 6.92 Å². The molecular weight excluding hydrogens is 396 g/mol. The number of quaternary nitrogens is 1.